The van der Waals surface area contributed by atoms with Crippen LogP contribution in [0, 0.1) is 0 Å². The Hall–Kier alpha value is -1.61. The van der Waals surface area contributed by atoms with Crippen LogP contribution in [0.5, 0.6) is 5.75 Å². The van der Waals surface area contributed by atoms with E-state index in [0.717, 1.165) is 41.5 Å². The Morgan fingerprint density at radius 1 is 1.17 bits per heavy atom. The van der Waals surface area contributed by atoms with Crippen molar-refractivity contribution in [2.45, 2.75) is 19.8 Å². The van der Waals surface area contributed by atoms with E-state index in [9.17, 15) is 0 Å². The molecule has 0 bridgehead atoms. The van der Waals surface area contributed by atoms with Crippen molar-refractivity contribution in [2.24, 2.45) is 5.73 Å². The van der Waals surface area contributed by atoms with E-state index in [1.807, 2.05) is 36.4 Å². The molecule has 0 fully saturated rings. The molecular formula is C15H17NOS. The van der Waals surface area contributed by atoms with Gasteiger partial charge in [0.05, 0.1) is 6.61 Å². The smallest absolute Gasteiger partial charge is 0.127 e. The molecule has 0 amide bonds. The van der Waals surface area contributed by atoms with E-state index in [0.29, 0.717) is 4.99 Å². The standard InChI is InChI=1S/C15H17NOS/c1-2-3-10-17-14-9-8-13(15(16)18)11-6-4-5-7-12(11)14/h4-9H,2-3,10H2,1H3,(H2,16,18). The zero-order chi connectivity index (χ0) is 13.0. The summed E-state index contributed by atoms with van der Waals surface area (Å²) in [5.41, 5.74) is 6.65. The van der Waals surface area contributed by atoms with Gasteiger partial charge in [-0.25, -0.2) is 0 Å². The van der Waals surface area contributed by atoms with E-state index in [4.69, 9.17) is 22.7 Å². The van der Waals surface area contributed by atoms with Gasteiger partial charge in [0.1, 0.15) is 10.7 Å². The molecule has 0 spiro atoms. The summed E-state index contributed by atoms with van der Waals surface area (Å²) in [7, 11) is 0. The third-order valence-electron chi connectivity index (χ3n) is 2.90. The molecular weight excluding hydrogens is 242 g/mol. The van der Waals surface area contributed by atoms with Crippen LogP contribution >= 0.6 is 12.2 Å². The molecule has 0 aliphatic heterocycles. The van der Waals surface area contributed by atoms with Gasteiger partial charge >= 0.3 is 0 Å². The maximum absolute atomic E-state index is 5.81. The Bertz CT molecular complexity index is 565. The number of fused-ring (bicyclic) bond motifs is 1. The molecule has 2 aromatic carbocycles. The minimum absolute atomic E-state index is 0.423. The Labute approximate surface area is 113 Å². The van der Waals surface area contributed by atoms with Gasteiger partial charge in [-0.2, -0.15) is 0 Å². The molecule has 0 radical (unpaired) electrons. The lowest BCUT2D eigenvalue weighted by Gasteiger charge is -2.11. The summed E-state index contributed by atoms with van der Waals surface area (Å²) in [6.07, 6.45) is 2.19. The Kier molecular flexibility index (Phi) is 4.15. The second-order valence-electron chi connectivity index (χ2n) is 4.22. The van der Waals surface area contributed by atoms with Crippen molar-refractivity contribution in [2.75, 3.05) is 6.61 Å². The van der Waals surface area contributed by atoms with Crippen LogP contribution in [-0.2, 0) is 0 Å². The van der Waals surface area contributed by atoms with Crippen molar-refractivity contribution in [3.05, 3.63) is 42.0 Å². The van der Waals surface area contributed by atoms with Crippen LogP contribution in [0.25, 0.3) is 10.8 Å². The highest BCUT2D eigenvalue weighted by molar-refractivity contribution is 7.80. The van der Waals surface area contributed by atoms with Crippen LogP contribution in [0.3, 0.4) is 0 Å². The van der Waals surface area contributed by atoms with Crippen molar-refractivity contribution >= 4 is 28.0 Å². The molecule has 18 heavy (non-hydrogen) atoms. The number of hydrogen-bond acceptors (Lipinski definition) is 2. The molecule has 2 nitrogen and oxygen atoms in total. The van der Waals surface area contributed by atoms with E-state index in [1.165, 1.54) is 0 Å². The number of unbranched alkanes of at least 4 members (excludes halogenated alkanes) is 1. The van der Waals surface area contributed by atoms with E-state index in [-0.39, 0.29) is 0 Å². The summed E-state index contributed by atoms with van der Waals surface area (Å²) in [5.74, 6) is 0.902. The average Bonchev–Trinajstić information content (AvgIpc) is 2.38. The van der Waals surface area contributed by atoms with Crippen molar-refractivity contribution in [1.29, 1.82) is 0 Å². The first kappa shape index (κ1) is 12.8. The summed E-state index contributed by atoms with van der Waals surface area (Å²) >= 11 is 5.08. The van der Waals surface area contributed by atoms with Gasteiger partial charge in [0.15, 0.2) is 0 Å². The fourth-order valence-electron chi connectivity index (χ4n) is 1.94. The summed E-state index contributed by atoms with van der Waals surface area (Å²) in [5, 5.41) is 2.12. The lowest BCUT2D eigenvalue weighted by atomic mass is 10.0. The largest absolute Gasteiger partial charge is 0.493 e. The number of nitrogens with two attached hydrogens (primary N) is 1. The van der Waals surface area contributed by atoms with Gasteiger partial charge < -0.3 is 10.5 Å². The third-order valence-corrected chi connectivity index (χ3v) is 3.12. The molecule has 2 aromatic rings. The molecule has 3 heteroatoms. The Morgan fingerprint density at radius 3 is 2.56 bits per heavy atom. The van der Waals surface area contributed by atoms with Crippen LogP contribution in [0.2, 0.25) is 0 Å². The molecule has 0 aromatic heterocycles. The van der Waals surface area contributed by atoms with Crippen LogP contribution in [-0.4, -0.2) is 11.6 Å². The third kappa shape index (κ3) is 2.62. The minimum atomic E-state index is 0.423. The highest BCUT2D eigenvalue weighted by atomic mass is 32.1. The second-order valence-corrected chi connectivity index (χ2v) is 4.66. The van der Waals surface area contributed by atoms with E-state index in [2.05, 4.69) is 6.92 Å². The number of benzene rings is 2. The number of hydrogen-bond donors (Lipinski definition) is 1. The van der Waals surface area contributed by atoms with Crippen LogP contribution in [0.4, 0.5) is 0 Å². The average molecular weight is 259 g/mol. The predicted molar refractivity (Wildman–Crippen MR) is 80.2 cm³/mol. The first-order valence-corrected chi connectivity index (χ1v) is 6.59. The molecule has 94 valence electrons. The quantitative estimate of drug-likeness (QED) is 0.657. The molecule has 0 saturated heterocycles. The number of thiocarbonyl (C=S) groups is 1. The van der Waals surface area contributed by atoms with Gasteiger partial charge in [-0.3, -0.25) is 0 Å². The first-order valence-electron chi connectivity index (χ1n) is 6.18. The molecule has 0 saturated carbocycles. The molecule has 0 aliphatic rings. The van der Waals surface area contributed by atoms with Gasteiger partial charge in [0, 0.05) is 10.9 Å². The fraction of sp³-hybridized carbons (Fsp3) is 0.267. The topological polar surface area (TPSA) is 35.2 Å². The lowest BCUT2D eigenvalue weighted by Crippen LogP contribution is -2.10. The van der Waals surface area contributed by atoms with Crippen LogP contribution in [0.15, 0.2) is 36.4 Å². The number of rotatable bonds is 5. The summed E-state index contributed by atoms with van der Waals surface area (Å²) in [6.45, 7) is 2.89. The molecule has 0 atom stereocenters. The maximum Gasteiger partial charge on any atom is 0.127 e. The Morgan fingerprint density at radius 2 is 1.89 bits per heavy atom. The second kappa shape index (κ2) is 5.83. The van der Waals surface area contributed by atoms with Crippen molar-refractivity contribution in [1.82, 2.24) is 0 Å². The number of ether oxygens (including phenoxy) is 1. The van der Waals surface area contributed by atoms with Crippen molar-refractivity contribution in [3.63, 3.8) is 0 Å². The molecule has 2 N–H and O–H groups in total. The van der Waals surface area contributed by atoms with Crippen molar-refractivity contribution in [3.8, 4) is 5.75 Å². The van der Waals surface area contributed by atoms with Gasteiger partial charge in [0.2, 0.25) is 0 Å². The normalized spacial score (nSPS) is 10.5. The highest BCUT2D eigenvalue weighted by Crippen LogP contribution is 2.28. The molecule has 2 rings (SSSR count). The maximum atomic E-state index is 5.81. The summed E-state index contributed by atoms with van der Waals surface area (Å²) in [4.78, 5) is 0.423. The first-order chi connectivity index (χ1) is 8.74. The van der Waals surface area contributed by atoms with E-state index >= 15 is 0 Å². The van der Waals surface area contributed by atoms with Gasteiger partial charge in [0.25, 0.3) is 0 Å². The van der Waals surface area contributed by atoms with Crippen molar-refractivity contribution < 1.29 is 4.74 Å². The monoisotopic (exact) mass is 259 g/mol. The van der Waals surface area contributed by atoms with Crippen LogP contribution in [0.1, 0.15) is 25.3 Å². The molecule has 0 unspecified atom stereocenters. The predicted octanol–water partition coefficient (Wildman–Crippen LogP) is 3.65. The van der Waals surface area contributed by atoms with Gasteiger partial charge in [-0.05, 0) is 23.9 Å². The Balaban J connectivity index is 2.44. The SMILES string of the molecule is CCCCOc1ccc(C(N)=S)c2ccccc12. The lowest BCUT2D eigenvalue weighted by molar-refractivity contribution is 0.313. The summed E-state index contributed by atoms with van der Waals surface area (Å²) in [6, 6.07) is 11.9. The van der Waals surface area contributed by atoms with Gasteiger partial charge in [-0.1, -0.05) is 49.8 Å². The minimum Gasteiger partial charge on any atom is -0.493 e. The zero-order valence-corrected chi connectivity index (χ0v) is 11.3. The van der Waals surface area contributed by atoms with Gasteiger partial charge in [-0.15, -0.1) is 0 Å². The molecule has 0 aliphatic carbocycles. The highest BCUT2D eigenvalue weighted by Gasteiger charge is 2.07. The van der Waals surface area contributed by atoms with Crippen LogP contribution < -0.4 is 10.5 Å². The van der Waals surface area contributed by atoms with E-state index in [1.54, 1.807) is 0 Å². The fourth-order valence-corrected chi connectivity index (χ4v) is 2.12. The zero-order valence-electron chi connectivity index (χ0n) is 10.5. The van der Waals surface area contributed by atoms with E-state index < -0.39 is 0 Å². The molecule has 0 heterocycles. The summed E-state index contributed by atoms with van der Waals surface area (Å²) < 4.78 is 5.81.